The first kappa shape index (κ1) is 15.3. The van der Waals surface area contributed by atoms with Gasteiger partial charge in [-0.2, -0.15) is 0 Å². The zero-order chi connectivity index (χ0) is 14.4. The minimum atomic E-state index is 0.449. The van der Waals surface area contributed by atoms with E-state index in [1.165, 1.54) is 17.5 Å². The summed E-state index contributed by atoms with van der Waals surface area (Å²) < 4.78 is 7.86. The Bertz CT molecular complexity index is 551. The maximum Gasteiger partial charge on any atom is 0.124 e. The topological polar surface area (TPSA) is 27.1 Å². The van der Waals surface area contributed by atoms with E-state index < -0.39 is 0 Å². The molecule has 0 atom stereocenters. The maximum atomic E-state index is 6.02. The first-order chi connectivity index (χ1) is 9.77. The highest BCUT2D eigenvalue weighted by atomic mass is 35.5. The van der Waals surface area contributed by atoms with Crippen LogP contribution in [-0.2, 0) is 17.2 Å². The molecular formula is C16H23ClN2O. The van der Waals surface area contributed by atoms with Crippen LogP contribution in [0.5, 0.6) is 0 Å². The van der Waals surface area contributed by atoms with Crippen molar-refractivity contribution < 1.29 is 4.74 Å². The van der Waals surface area contributed by atoms with Gasteiger partial charge in [-0.05, 0) is 31.4 Å². The molecule has 1 heterocycles. The van der Waals surface area contributed by atoms with Gasteiger partial charge in [0.1, 0.15) is 5.82 Å². The molecule has 20 heavy (non-hydrogen) atoms. The van der Waals surface area contributed by atoms with Crippen molar-refractivity contribution in [1.29, 1.82) is 0 Å². The normalized spacial score (nSPS) is 11.3. The zero-order valence-corrected chi connectivity index (χ0v) is 13.1. The summed E-state index contributed by atoms with van der Waals surface area (Å²) >= 11 is 6.02. The lowest BCUT2D eigenvalue weighted by molar-refractivity contribution is 0.126. The Morgan fingerprint density at radius 3 is 2.80 bits per heavy atom. The molecule has 0 saturated heterocycles. The largest absolute Gasteiger partial charge is 0.381 e. The average Bonchev–Trinajstić information content (AvgIpc) is 2.82. The third-order valence-corrected chi connectivity index (χ3v) is 3.72. The van der Waals surface area contributed by atoms with Gasteiger partial charge in [0.15, 0.2) is 0 Å². The molecule has 0 bridgehead atoms. The van der Waals surface area contributed by atoms with E-state index in [2.05, 4.69) is 29.5 Å². The molecule has 3 nitrogen and oxygen atoms in total. The number of rotatable bonds is 8. The van der Waals surface area contributed by atoms with E-state index in [9.17, 15) is 0 Å². The van der Waals surface area contributed by atoms with E-state index in [0.29, 0.717) is 5.88 Å². The van der Waals surface area contributed by atoms with Crippen LogP contribution in [-0.4, -0.2) is 22.8 Å². The van der Waals surface area contributed by atoms with Crippen molar-refractivity contribution in [2.45, 2.75) is 45.5 Å². The molecule has 0 N–H and O–H groups in total. The fourth-order valence-corrected chi connectivity index (χ4v) is 2.63. The van der Waals surface area contributed by atoms with Crippen molar-refractivity contribution in [3.63, 3.8) is 0 Å². The molecule has 1 aromatic carbocycles. The molecule has 110 valence electrons. The SMILES string of the molecule is CCCCOCCCn1c(CCl)nc2cccc(C)c21. The summed E-state index contributed by atoms with van der Waals surface area (Å²) in [6.45, 7) is 6.87. The molecule has 0 radical (unpaired) electrons. The van der Waals surface area contributed by atoms with E-state index in [0.717, 1.165) is 43.9 Å². The summed E-state index contributed by atoms with van der Waals surface area (Å²) in [6, 6.07) is 6.21. The van der Waals surface area contributed by atoms with Gasteiger partial charge >= 0.3 is 0 Å². The van der Waals surface area contributed by atoms with E-state index in [1.54, 1.807) is 0 Å². The van der Waals surface area contributed by atoms with Gasteiger partial charge in [0.05, 0.1) is 16.9 Å². The predicted octanol–water partition coefficient (Wildman–Crippen LogP) is 4.29. The fourth-order valence-electron chi connectivity index (χ4n) is 2.43. The quantitative estimate of drug-likeness (QED) is 0.536. The molecule has 2 aromatic rings. The highest BCUT2D eigenvalue weighted by molar-refractivity contribution is 6.16. The molecule has 2 rings (SSSR count). The van der Waals surface area contributed by atoms with Crippen LogP contribution in [0.3, 0.4) is 0 Å². The van der Waals surface area contributed by atoms with Gasteiger partial charge in [0.2, 0.25) is 0 Å². The summed E-state index contributed by atoms with van der Waals surface area (Å²) in [6.07, 6.45) is 3.31. The Kier molecular flexibility index (Phi) is 5.86. The number of fused-ring (bicyclic) bond motifs is 1. The van der Waals surface area contributed by atoms with Crippen LogP contribution in [0, 0.1) is 6.92 Å². The minimum absolute atomic E-state index is 0.449. The van der Waals surface area contributed by atoms with Crippen LogP contribution < -0.4 is 0 Å². The minimum Gasteiger partial charge on any atom is -0.381 e. The predicted molar refractivity (Wildman–Crippen MR) is 84.4 cm³/mol. The first-order valence-electron chi connectivity index (χ1n) is 7.36. The third-order valence-electron chi connectivity index (χ3n) is 3.48. The van der Waals surface area contributed by atoms with E-state index in [-0.39, 0.29) is 0 Å². The number of aromatic nitrogens is 2. The third kappa shape index (κ3) is 3.53. The lowest BCUT2D eigenvalue weighted by Crippen LogP contribution is -2.07. The van der Waals surface area contributed by atoms with Crippen molar-refractivity contribution >= 4 is 22.6 Å². The number of benzene rings is 1. The maximum absolute atomic E-state index is 6.02. The molecule has 4 heteroatoms. The highest BCUT2D eigenvalue weighted by Crippen LogP contribution is 2.21. The van der Waals surface area contributed by atoms with Gasteiger partial charge < -0.3 is 9.30 Å². The van der Waals surface area contributed by atoms with Crippen LogP contribution in [0.25, 0.3) is 11.0 Å². The molecule has 1 aromatic heterocycles. The van der Waals surface area contributed by atoms with Crippen molar-refractivity contribution in [3.05, 3.63) is 29.6 Å². The number of halogens is 1. The highest BCUT2D eigenvalue weighted by Gasteiger charge is 2.11. The Balaban J connectivity index is 2.04. The number of aryl methyl sites for hydroxylation is 2. The number of hydrogen-bond donors (Lipinski definition) is 0. The van der Waals surface area contributed by atoms with Gasteiger partial charge in [-0.15, -0.1) is 11.6 Å². The van der Waals surface area contributed by atoms with E-state index in [4.69, 9.17) is 16.3 Å². The number of hydrogen-bond acceptors (Lipinski definition) is 2. The van der Waals surface area contributed by atoms with Crippen LogP contribution in [0.15, 0.2) is 18.2 Å². The van der Waals surface area contributed by atoms with E-state index >= 15 is 0 Å². The second-order valence-electron chi connectivity index (χ2n) is 5.08. The summed E-state index contributed by atoms with van der Waals surface area (Å²) in [4.78, 5) is 4.61. The molecule has 0 aliphatic heterocycles. The van der Waals surface area contributed by atoms with Gasteiger partial charge in [0, 0.05) is 19.8 Å². The molecule has 0 aliphatic rings. The van der Waals surface area contributed by atoms with Crippen molar-refractivity contribution in [2.75, 3.05) is 13.2 Å². The van der Waals surface area contributed by atoms with Crippen LogP contribution in [0.1, 0.15) is 37.6 Å². The van der Waals surface area contributed by atoms with Crippen LogP contribution >= 0.6 is 11.6 Å². The Hall–Kier alpha value is -1.06. The van der Waals surface area contributed by atoms with Crippen molar-refractivity contribution in [3.8, 4) is 0 Å². The fraction of sp³-hybridized carbons (Fsp3) is 0.562. The van der Waals surface area contributed by atoms with Gasteiger partial charge in [-0.3, -0.25) is 0 Å². The number of ether oxygens (including phenoxy) is 1. The van der Waals surface area contributed by atoms with Gasteiger partial charge in [-0.25, -0.2) is 4.98 Å². The molecule has 0 unspecified atom stereocenters. The molecule has 0 aliphatic carbocycles. The summed E-state index contributed by atoms with van der Waals surface area (Å²) in [5, 5.41) is 0. The summed E-state index contributed by atoms with van der Waals surface area (Å²) in [7, 11) is 0. The van der Waals surface area contributed by atoms with E-state index in [1.807, 2.05) is 12.1 Å². The lowest BCUT2D eigenvalue weighted by atomic mass is 10.2. The number of para-hydroxylation sites is 1. The first-order valence-corrected chi connectivity index (χ1v) is 7.89. The molecule has 0 fully saturated rings. The van der Waals surface area contributed by atoms with Gasteiger partial charge in [0.25, 0.3) is 0 Å². The molecule has 0 saturated carbocycles. The van der Waals surface area contributed by atoms with Crippen LogP contribution in [0.2, 0.25) is 0 Å². The zero-order valence-electron chi connectivity index (χ0n) is 12.4. The van der Waals surface area contributed by atoms with Gasteiger partial charge in [-0.1, -0.05) is 25.5 Å². The molecular weight excluding hydrogens is 272 g/mol. The smallest absolute Gasteiger partial charge is 0.124 e. The lowest BCUT2D eigenvalue weighted by Gasteiger charge is -2.09. The number of alkyl halides is 1. The molecule has 0 amide bonds. The Labute approximate surface area is 125 Å². The molecule has 0 spiro atoms. The second-order valence-corrected chi connectivity index (χ2v) is 5.34. The second kappa shape index (κ2) is 7.65. The summed E-state index contributed by atoms with van der Waals surface area (Å²) in [5.41, 5.74) is 3.49. The number of nitrogens with zero attached hydrogens (tertiary/aromatic N) is 2. The number of imidazole rings is 1. The standard InChI is InChI=1S/C16H23ClN2O/c1-3-4-10-20-11-6-9-19-15(12-17)18-14-8-5-7-13(2)16(14)19/h5,7-8H,3-4,6,9-12H2,1-2H3. The summed E-state index contributed by atoms with van der Waals surface area (Å²) in [5.74, 6) is 1.40. The average molecular weight is 295 g/mol. The number of unbranched alkanes of at least 4 members (excludes halogenated alkanes) is 1. The van der Waals surface area contributed by atoms with Crippen molar-refractivity contribution in [1.82, 2.24) is 9.55 Å². The Morgan fingerprint density at radius 1 is 1.25 bits per heavy atom. The Morgan fingerprint density at radius 2 is 2.05 bits per heavy atom. The van der Waals surface area contributed by atoms with Crippen molar-refractivity contribution in [2.24, 2.45) is 0 Å². The van der Waals surface area contributed by atoms with Crippen LogP contribution in [0.4, 0.5) is 0 Å². The monoisotopic (exact) mass is 294 g/mol.